The number of halogens is 2. The molecule has 3 amide bonds. The number of anilines is 2. The SMILES string of the molecule is CNC(=O)C(CCC=O)Nc1ccc(C2CCN(C(=O)CN3CCC(c4cn5cc(C(=O)Nc6cccc(C(F)F)n6)c(OC(C)C)cc5n4)CC3)CC2)cc1. The highest BCUT2D eigenvalue weighted by molar-refractivity contribution is 6.05. The van der Waals surface area contributed by atoms with Gasteiger partial charge in [-0.15, -0.1) is 0 Å². The number of likely N-dealkylation sites (tertiary alicyclic amines) is 2. The van der Waals surface area contributed by atoms with E-state index in [4.69, 9.17) is 9.72 Å². The number of pyridine rings is 2. The standard InChI is InChI=1S/C41H50F2N8O5/c1-26(2)56-35-22-37-47-34(24-51(37)23-31(35)40(54)48-36-8-4-6-32(46-36)39(42)43)29-13-17-49(18-14-29)25-38(53)50-19-15-28(16-20-50)27-9-11-30(12-10-27)45-33(7-5-21-52)41(55)44-3/h4,6,8-12,21-24,26,28-29,33,39,45H,5,7,13-20,25H2,1-3H3,(H,44,55)(H,46,48,54). The van der Waals surface area contributed by atoms with E-state index in [0.717, 1.165) is 56.4 Å². The Kier molecular flexibility index (Phi) is 13.3. The molecular weight excluding hydrogens is 722 g/mol. The highest BCUT2D eigenvalue weighted by atomic mass is 19.3. The van der Waals surface area contributed by atoms with Gasteiger partial charge in [0.05, 0.1) is 23.9 Å². The van der Waals surface area contributed by atoms with Crippen LogP contribution in [0.4, 0.5) is 20.3 Å². The number of nitrogens with zero attached hydrogens (tertiary/aromatic N) is 5. The van der Waals surface area contributed by atoms with Crippen LogP contribution in [0.3, 0.4) is 0 Å². The van der Waals surface area contributed by atoms with Gasteiger partial charge in [-0.1, -0.05) is 18.2 Å². The van der Waals surface area contributed by atoms with Crippen molar-refractivity contribution in [2.45, 2.75) is 82.8 Å². The molecule has 5 heterocycles. The molecule has 6 rings (SSSR count). The van der Waals surface area contributed by atoms with Gasteiger partial charge in [0.15, 0.2) is 0 Å². The zero-order valence-electron chi connectivity index (χ0n) is 32.0. The van der Waals surface area contributed by atoms with Crippen molar-refractivity contribution in [3.05, 3.63) is 83.4 Å². The van der Waals surface area contributed by atoms with Gasteiger partial charge in [-0.2, -0.15) is 0 Å². The molecule has 0 spiro atoms. The van der Waals surface area contributed by atoms with Gasteiger partial charge in [0.25, 0.3) is 12.3 Å². The van der Waals surface area contributed by atoms with Crippen molar-refractivity contribution < 1.29 is 32.7 Å². The Morgan fingerprint density at radius 3 is 2.32 bits per heavy atom. The van der Waals surface area contributed by atoms with Crippen LogP contribution in [0, 0.1) is 0 Å². The lowest BCUT2D eigenvalue weighted by atomic mass is 9.89. The highest BCUT2D eigenvalue weighted by Gasteiger charge is 2.29. The summed E-state index contributed by atoms with van der Waals surface area (Å²) in [5, 5.41) is 8.49. The van der Waals surface area contributed by atoms with E-state index in [0.29, 0.717) is 49.8 Å². The summed E-state index contributed by atoms with van der Waals surface area (Å²) in [6, 6.07) is 13.4. The Balaban J connectivity index is 1.00. The van der Waals surface area contributed by atoms with Crippen LogP contribution in [0.5, 0.6) is 5.75 Å². The second-order valence-electron chi connectivity index (χ2n) is 14.7. The Morgan fingerprint density at radius 1 is 0.946 bits per heavy atom. The number of hydrogen-bond acceptors (Lipinski definition) is 9. The number of hydrogen-bond donors (Lipinski definition) is 3. The zero-order valence-corrected chi connectivity index (χ0v) is 32.0. The largest absolute Gasteiger partial charge is 0.490 e. The topological polar surface area (TPSA) is 150 Å². The van der Waals surface area contributed by atoms with Crippen LogP contribution in [0.15, 0.2) is 60.9 Å². The Hall–Kier alpha value is -5.44. The van der Waals surface area contributed by atoms with E-state index in [2.05, 4.69) is 38.0 Å². The van der Waals surface area contributed by atoms with Crippen molar-refractivity contribution in [3.63, 3.8) is 0 Å². The van der Waals surface area contributed by atoms with Crippen molar-refractivity contribution in [1.82, 2.24) is 29.5 Å². The predicted molar refractivity (Wildman–Crippen MR) is 208 cm³/mol. The summed E-state index contributed by atoms with van der Waals surface area (Å²) in [4.78, 5) is 62.7. The summed E-state index contributed by atoms with van der Waals surface area (Å²) in [5.41, 5.74) is 3.35. The number of piperidine rings is 2. The number of aromatic nitrogens is 3. The molecule has 15 heteroatoms. The molecule has 3 N–H and O–H groups in total. The number of nitrogens with one attached hydrogen (secondary N) is 3. The van der Waals surface area contributed by atoms with Gasteiger partial charge in [0, 0.05) is 56.6 Å². The van der Waals surface area contributed by atoms with E-state index in [9.17, 15) is 28.0 Å². The fourth-order valence-corrected chi connectivity index (χ4v) is 7.45. The molecule has 3 aromatic heterocycles. The second-order valence-corrected chi connectivity index (χ2v) is 14.7. The van der Waals surface area contributed by atoms with E-state index >= 15 is 0 Å². The van der Waals surface area contributed by atoms with Crippen LogP contribution in [0.25, 0.3) is 5.65 Å². The first-order chi connectivity index (χ1) is 27.0. The third-order valence-corrected chi connectivity index (χ3v) is 10.5. The summed E-state index contributed by atoms with van der Waals surface area (Å²) >= 11 is 0. The number of likely N-dealkylation sites (N-methyl/N-ethyl adjacent to an activating group) is 1. The molecule has 2 aliphatic rings. The number of rotatable bonds is 15. The van der Waals surface area contributed by atoms with Crippen molar-refractivity contribution in [2.24, 2.45) is 0 Å². The van der Waals surface area contributed by atoms with Gasteiger partial charge >= 0.3 is 0 Å². The summed E-state index contributed by atoms with van der Waals surface area (Å²) in [6.07, 6.45) is 5.54. The maximum Gasteiger partial charge on any atom is 0.280 e. The Labute approximate surface area is 325 Å². The Bertz CT molecular complexity index is 1990. The normalized spacial score (nSPS) is 16.2. The fourth-order valence-electron chi connectivity index (χ4n) is 7.45. The van der Waals surface area contributed by atoms with Crippen molar-refractivity contribution >= 4 is 41.2 Å². The monoisotopic (exact) mass is 772 g/mol. The van der Waals surface area contributed by atoms with Crippen LogP contribution in [0.1, 0.15) is 97.9 Å². The van der Waals surface area contributed by atoms with Crippen LogP contribution in [-0.4, -0.2) is 100 Å². The Morgan fingerprint density at radius 2 is 1.66 bits per heavy atom. The molecule has 1 atom stereocenters. The molecule has 0 bridgehead atoms. The van der Waals surface area contributed by atoms with E-state index < -0.39 is 24.1 Å². The number of carbonyl (C=O) groups excluding carboxylic acids is 4. The molecule has 13 nitrogen and oxygen atoms in total. The zero-order chi connectivity index (χ0) is 39.8. The molecule has 298 valence electrons. The number of aldehydes is 1. The third-order valence-electron chi connectivity index (χ3n) is 10.5. The van der Waals surface area contributed by atoms with Gasteiger partial charge in [0.2, 0.25) is 11.8 Å². The first-order valence-electron chi connectivity index (χ1n) is 19.3. The summed E-state index contributed by atoms with van der Waals surface area (Å²) in [7, 11) is 1.58. The van der Waals surface area contributed by atoms with Gasteiger partial charge in [-0.3, -0.25) is 19.3 Å². The smallest absolute Gasteiger partial charge is 0.280 e. The predicted octanol–water partition coefficient (Wildman–Crippen LogP) is 5.80. The molecule has 2 aliphatic heterocycles. The lowest BCUT2D eigenvalue weighted by Crippen LogP contribution is -2.45. The molecule has 1 unspecified atom stereocenters. The van der Waals surface area contributed by atoms with Crippen molar-refractivity contribution in [3.8, 4) is 5.75 Å². The number of fused-ring (bicyclic) bond motifs is 1. The average molecular weight is 773 g/mol. The quantitative estimate of drug-likeness (QED) is 0.128. The highest BCUT2D eigenvalue weighted by Crippen LogP contribution is 2.32. The first kappa shape index (κ1) is 40.2. The molecule has 0 aliphatic carbocycles. The minimum atomic E-state index is -2.76. The van der Waals surface area contributed by atoms with Crippen LogP contribution in [-0.2, 0) is 14.4 Å². The molecule has 2 fully saturated rings. The molecule has 1 aromatic carbocycles. The number of alkyl halides is 2. The average Bonchev–Trinajstić information content (AvgIpc) is 3.62. The molecule has 56 heavy (non-hydrogen) atoms. The third kappa shape index (κ3) is 10.0. The van der Waals surface area contributed by atoms with E-state index in [-0.39, 0.29) is 35.2 Å². The number of amides is 3. The van der Waals surface area contributed by atoms with Crippen molar-refractivity contribution in [2.75, 3.05) is 50.4 Å². The number of carbonyl (C=O) groups is 4. The lowest BCUT2D eigenvalue weighted by molar-refractivity contribution is -0.133. The second kappa shape index (κ2) is 18.5. The van der Waals surface area contributed by atoms with Crippen LogP contribution < -0.4 is 20.7 Å². The van der Waals surface area contributed by atoms with Crippen LogP contribution >= 0.6 is 0 Å². The minimum Gasteiger partial charge on any atom is -0.490 e. The molecule has 0 radical (unpaired) electrons. The van der Waals surface area contributed by atoms with E-state index in [1.165, 1.54) is 23.8 Å². The van der Waals surface area contributed by atoms with Crippen LogP contribution in [0.2, 0.25) is 0 Å². The fraction of sp³-hybridized carbons (Fsp3) is 0.463. The number of imidazole rings is 1. The molecule has 0 saturated carbocycles. The first-order valence-corrected chi connectivity index (χ1v) is 19.3. The summed E-state index contributed by atoms with van der Waals surface area (Å²) in [5.74, 6) is 0.319. The van der Waals surface area contributed by atoms with Crippen molar-refractivity contribution in [1.29, 1.82) is 0 Å². The molecule has 4 aromatic rings. The van der Waals surface area contributed by atoms with Gasteiger partial charge < -0.3 is 34.8 Å². The lowest BCUT2D eigenvalue weighted by Gasteiger charge is -2.35. The van der Waals surface area contributed by atoms with E-state index in [1.54, 1.807) is 23.7 Å². The van der Waals surface area contributed by atoms with Gasteiger partial charge in [-0.25, -0.2) is 18.7 Å². The molecule has 2 saturated heterocycles. The maximum absolute atomic E-state index is 13.4. The van der Waals surface area contributed by atoms with E-state index in [1.807, 2.05) is 37.1 Å². The summed E-state index contributed by atoms with van der Waals surface area (Å²) in [6.45, 7) is 7.01. The number of ether oxygens (including phenoxy) is 1. The van der Waals surface area contributed by atoms with Gasteiger partial charge in [0.1, 0.15) is 35.2 Å². The minimum absolute atomic E-state index is 0.0173. The maximum atomic E-state index is 13.4. The summed E-state index contributed by atoms with van der Waals surface area (Å²) < 4.78 is 34.1. The molecular formula is C41H50F2N8O5. The number of benzene rings is 1. The van der Waals surface area contributed by atoms with Gasteiger partial charge in [-0.05, 0) is 94.8 Å².